The number of aromatic nitrogens is 2. The third-order valence-electron chi connectivity index (χ3n) is 3.43. The summed E-state index contributed by atoms with van der Waals surface area (Å²) in [5.74, 6) is 0.462. The number of nitrogens with one attached hydrogen (secondary N) is 1. The van der Waals surface area contributed by atoms with E-state index in [2.05, 4.69) is 76.9 Å². The Bertz CT molecular complexity index is 587. The van der Waals surface area contributed by atoms with Crippen molar-refractivity contribution in [3.05, 3.63) is 51.8 Å². The fourth-order valence-electron chi connectivity index (χ4n) is 2.49. The molecule has 0 aliphatic heterocycles. The summed E-state index contributed by atoms with van der Waals surface area (Å²) in [4.78, 5) is 0. The fourth-order valence-corrected chi connectivity index (χ4v) is 2.93. The largest absolute Gasteiger partial charge is 0.310 e. The molecule has 0 bridgehead atoms. The molecule has 0 spiro atoms. The minimum absolute atomic E-state index is 0.462. The highest BCUT2D eigenvalue weighted by molar-refractivity contribution is 9.10. The zero-order valence-electron chi connectivity index (χ0n) is 13.2. The standard InChI is InChI=1S/C17H24BrN3/c1-12(2)17-15(9-19-13(3)4)10-20-21(17)11-14-6-5-7-16(18)8-14/h5-8,10,12-13,19H,9,11H2,1-4H3. The van der Waals surface area contributed by atoms with E-state index >= 15 is 0 Å². The molecule has 0 amide bonds. The van der Waals surface area contributed by atoms with E-state index in [-0.39, 0.29) is 0 Å². The smallest absolute Gasteiger partial charge is 0.0663 e. The van der Waals surface area contributed by atoms with Gasteiger partial charge in [0, 0.05) is 28.3 Å². The Labute approximate surface area is 135 Å². The van der Waals surface area contributed by atoms with Crippen LogP contribution in [0.4, 0.5) is 0 Å². The van der Waals surface area contributed by atoms with Crippen LogP contribution in [0, 0.1) is 0 Å². The van der Waals surface area contributed by atoms with Crippen molar-refractivity contribution >= 4 is 15.9 Å². The summed E-state index contributed by atoms with van der Waals surface area (Å²) in [7, 11) is 0. The van der Waals surface area contributed by atoms with E-state index in [0.717, 1.165) is 17.6 Å². The van der Waals surface area contributed by atoms with E-state index < -0.39 is 0 Å². The van der Waals surface area contributed by atoms with Crippen molar-refractivity contribution in [2.75, 3.05) is 0 Å². The van der Waals surface area contributed by atoms with Crippen molar-refractivity contribution in [1.29, 1.82) is 0 Å². The fraction of sp³-hybridized carbons (Fsp3) is 0.471. The molecule has 0 unspecified atom stereocenters. The second-order valence-electron chi connectivity index (χ2n) is 6.03. The molecule has 0 atom stereocenters. The monoisotopic (exact) mass is 349 g/mol. The highest BCUT2D eigenvalue weighted by atomic mass is 79.9. The molecule has 0 aliphatic carbocycles. The Hall–Kier alpha value is -1.13. The summed E-state index contributed by atoms with van der Waals surface area (Å²) >= 11 is 3.53. The number of hydrogen-bond donors (Lipinski definition) is 1. The second-order valence-corrected chi connectivity index (χ2v) is 6.95. The molecule has 0 saturated carbocycles. The van der Waals surface area contributed by atoms with Crippen LogP contribution in [0.25, 0.3) is 0 Å². The molecule has 2 rings (SSSR count). The van der Waals surface area contributed by atoms with Gasteiger partial charge in [-0.2, -0.15) is 5.10 Å². The molecule has 3 nitrogen and oxygen atoms in total. The molecule has 1 heterocycles. The molecular weight excluding hydrogens is 326 g/mol. The van der Waals surface area contributed by atoms with Gasteiger partial charge in [0.2, 0.25) is 0 Å². The van der Waals surface area contributed by atoms with Gasteiger partial charge < -0.3 is 5.32 Å². The van der Waals surface area contributed by atoms with Crippen LogP contribution in [-0.4, -0.2) is 15.8 Å². The maximum absolute atomic E-state index is 4.60. The summed E-state index contributed by atoms with van der Waals surface area (Å²) in [5.41, 5.74) is 3.88. The van der Waals surface area contributed by atoms with E-state index in [9.17, 15) is 0 Å². The molecule has 1 N–H and O–H groups in total. The minimum Gasteiger partial charge on any atom is -0.310 e. The molecule has 0 fully saturated rings. The first-order valence-corrected chi connectivity index (χ1v) is 8.29. The molecule has 2 aromatic rings. The van der Waals surface area contributed by atoms with Gasteiger partial charge in [0.25, 0.3) is 0 Å². The van der Waals surface area contributed by atoms with Crippen LogP contribution in [0.3, 0.4) is 0 Å². The van der Waals surface area contributed by atoms with Crippen molar-refractivity contribution in [2.45, 2.75) is 52.7 Å². The van der Waals surface area contributed by atoms with Crippen molar-refractivity contribution in [3.8, 4) is 0 Å². The summed E-state index contributed by atoms with van der Waals surface area (Å²) < 4.78 is 3.24. The van der Waals surface area contributed by atoms with Crippen molar-refractivity contribution < 1.29 is 0 Å². The van der Waals surface area contributed by atoms with Gasteiger partial charge in [0.15, 0.2) is 0 Å². The van der Waals surface area contributed by atoms with Gasteiger partial charge in [-0.25, -0.2) is 0 Å². The maximum Gasteiger partial charge on any atom is 0.0663 e. The molecule has 114 valence electrons. The number of hydrogen-bond acceptors (Lipinski definition) is 2. The first-order chi connectivity index (χ1) is 9.97. The van der Waals surface area contributed by atoms with Crippen molar-refractivity contribution in [2.24, 2.45) is 0 Å². The summed E-state index contributed by atoms with van der Waals surface area (Å²) in [6, 6.07) is 8.89. The molecule has 21 heavy (non-hydrogen) atoms. The Balaban J connectivity index is 2.23. The van der Waals surface area contributed by atoms with Crippen LogP contribution in [0.5, 0.6) is 0 Å². The average Bonchev–Trinajstić information content (AvgIpc) is 2.79. The van der Waals surface area contributed by atoms with Crippen LogP contribution in [0.1, 0.15) is 50.4 Å². The quantitative estimate of drug-likeness (QED) is 0.841. The molecule has 0 radical (unpaired) electrons. The molecular formula is C17H24BrN3. The Morgan fingerprint density at radius 1 is 1.24 bits per heavy atom. The lowest BCUT2D eigenvalue weighted by atomic mass is 10.1. The number of nitrogens with zero attached hydrogens (tertiary/aromatic N) is 2. The van der Waals surface area contributed by atoms with Gasteiger partial charge in [0.1, 0.15) is 0 Å². The van der Waals surface area contributed by atoms with E-state index in [1.165, 1.54) is 16.8 Å². The van der Waals surface area contributed by atoms with Gasteiger partial charge in [0.05, 0.1) is 12.7 Å². The summed E-state index contributed by atoms with van der Waals surface area (Å²) in [6.45, 7) is 10.5. The Kier molecular flexibility index (Phi) is 5.59. The number of halogens is 1. The average molecular weight is 350 g/mol. The molecule has 0 saturated heterocycles. The lowest BCUT2D eigenvalue weighted by Crippen LogP contribution is -2.22. The molecule has 1 aromatic heterocycles. The van der Waals surface area contributed by atoms with Crippen LogP contribution in [-0.2, 0) is 13.1 Å². The third kappa shape index (κ3) is 4.42. The van der Waals surface area contributed by atoms with Gasteiger partial charge in [-0.1, -0.05) is 55.8 Å². The zero-order valence-corrected chi connectivity index (χ0v) is 14.8. The predicted octanol–water partition coefficient (Wildman–Crippen LogP) is 4.32. The SMILES string of the molecule is CC(C)NCc1cnn(Cc2cccc(Br)c2)c1C(C)C. The van der Waals surface area contributed by atoms with Crippen molar-refractivity contribution in [3.63, 3.8) is 0 Å². The van der Waals surface area contributed by atoms with Gasteiger partial charge in [-0.15, -0.1) is 0 Å². The first-order valence-electron chi connectivity index (χ1n) is 7.49. The van der Waals surface area contributed by atoms with Crippen LogP contribution < -0.4 is 5.32 Å². The van der Waals surface area contributed by atoms with Crippen molar-refractivity contribution in [1.82, 2.24) is 15.1 Å². The molecule has 0 aliphatic rings. The van der Waals surface area contributed by atoms with E-state index in [1.54, 1.807) is 0 Å². The Morgan fingerprint density at radius 2 is 2.00 bits per heavy atom. The molecule has 1 aromatic carbocycles. The van der Waals surface area contributed by atoms with E-state index in [4.69, 9.17) is 0 Å². The topological polar surface area (TPSA) is 29.9 Å². The maximum atomic E-state index is 4.60. The molecule has 4 heteroatoms. The third-order valence-corrected chi connectivity index (χ3v) is 3.92. The number of benzene rings is 1. The Morgan fingerprint density at radius 3 is 2.62 bits per heavy atom. The highest BCUT2D eigenvalue weighted by Crippen LogP contribution is 2.21. The lowest BCUT2D eigenvalue weighted by Gasteiger charge is -2.14. The van der Waals surface area contributed by atoms with Crippen LogP contribution in [0.2, 0.25) is 0 Å². The highest BCUT2D eigenvalue weighted by Gasteiger charge is 2.14. The van der Waals surface area contributed by atoms with E-state index in [1.807, 2.05) is 12.3 Å². The summed E-state index contributed by atoms with van der Waals surface area (Å²) in [6.07, 6.45) is 2.00. The van der Waals surface area contributed by atoms with Gasteiger partial charge >= 0.3 is 0 Å². The second kappa shape index (κ2) is 7.23. The zero-order chi connectivity index (χ0) is 15.4. The first kappa shape index (κ1) is 16.2. The predicted molar refractivity (Wildman–Crippen MR) is 91.5 cm³/mol. The van der Waals surface area contributed by atoms with Crippen LogP contribution >= 0.6 is 15.9 Å². The van der Waals surface area contributed by atoms with Gasteiger partial charge in [-0.3, -0.25) is 4.68 Å². The van der Waals surface area contributed by atoms with Crippen LogP contribution in [0.15, 0.2) is 34.9 Å². The van der Waals surface area contributed by atoms with Gasteiger partial charge in [-0.05, 0) is 23.6 Å². The minimum atomic E-state index is 0.462. The summed E-state index contributed by atoms with van der Waals surface area (Å²) in [5, 5.41) is 8.08. The normalized spacial score (nSPS) is 11.6. The lowest BCUT2D eigenvalue weighted by molar-refractivity contribution is 0.574. The van der Waals surface area contributed by atoms with E-state index in [0.29, 0.717) is 12.0 Å². The number of rotatable bonds is 6.